The molecule has 21 heavy (non-hydrogen) atoms. The fraction of sp³-hybridized carbons (Fsp3) is 0.333. The van der Waals surface area contributed by atoms with Gasteiger partial charge in [0.15, 0.2) is 0 Å². The number of carbonyl (C=O) groups excluding carboxylic acids is 1. The number of hydrogen-bond donors (Lipinski definition) is 4. The second-order valence-electron chi connectivity index (χ2n) is 5.65. The third-order valence-corrected chi connectivity index (χ3v) is 3.29. The van der Waals surface area contributed by atoms with Gasteiger partial charge in [-0.25, -0.2) is 4.79 Å². The van der Waals surface area contributed by atoms with E-state index in [0.717, 1.165) is 16.5 Å². The van der Waals surface area contributed by atoms with Crippen molar-refractivity contribution in [3.8, 4) is 0 Å². The van der Waals surface area contributed by atoms with Gasteiger partial charge in [0.1, 0.15) is 6.04 Å². The van der Waals surface area contributed by atoms with Gasteiger partial charge in [-0.15, -0.1) is 0 Å². The molecule has 5 N–H and O–H groups in total. The summed E-state index contributed by atoms with van der Waals surface area (Å²) in [4.78, 5) is 26.3. The van der Waals surface area contributed by atoms with E-state index in [-0.39, 0.29) is 6.42 Å². The molecule has 0 spiro atoms. The van der Waals surface area contributed by atoms with E-state index in [1.165, 1.54) is 13.8 Å². The number of carbonyl (C=O) groups is 2. The van der Waals surface area contributed by atoms with Crippen LogP contribution in [0, 0.1) is 0 Å². The average molecular weight is 289 g/mol. The number of H-pyrrole nitrogens is 1. The molecule has 1 atom stereocenters. The number of aromatic nitrogens is 1. The Labute approximate surface area is 122 Å². The van der Waals surface area contributed by atoms with Crippen molar-refractivity contribution >= 4 is 22.8 Å². The summed E-state index contributed by atoms with van der Waals surface area (Å²) in [7, 11) is 0. The lowest BCUT2D eigenvalue weighted by Gasteiger charge is -2.21. The smallest absolute Gasteiger partial charge is 0.326 e. The first-order valence-corrected chi connectivity index (χ1v) is 6.66. The van der Waals surface area contributed by atoms with Gasteiger partial charge in [0.25, 0.3) is 0 Å². The van der Waals surface area contributed by atoms with Gasteiger partial charge >= 0.3 is 5.97 Å². The number of carboxylic acids is 1. The number of rotatable bonds is 5. The van der Waals surface area contributed by atoms with Crippen LogP contribution in [-0.4, -0.2) is 33.5 Å². The molecule has 1 aromatic carbocycles. The number of nitrogens with two attached hydrogens (primary N) is 1. The van der Waals surface area contributed by atoms with Gasteiger partial charge in [0, 0.05) is 23.5 Å². The normalized spacial score (nSPS) is 13.1. The molecule has 1 heterocycles. The van der Waals surface area contributed by atoms with Crippen molar-refractivity contribution in [1.29, 1.82) is 0 Å². The van der Waals surface area contributed by atoms with Crippen LogP contribution in [0.3, 0.4) is 0 Å². The van der Waals surface area contributed by atoms with E-state index in [1.54, 1.807) is 6.20 Å². The zero-order chi connectivity index (χ0) is 15.6. The molecule has 112 valence electrons. The van der Waals surface area contributed by atoms with Crippen molar-refractivity contribution in [1.82, 2.24) is 10.3 Å². The molecule has 0 aliphatic carbocycles. The molecule has 0 aliphatic heterocycles. The number of hydrogen-bond acceptors (Lipinski definition) is 3. The van der Waals surface area contributed by atoms with E-state index in [1.807, 2.05) is 24.3 Å². The lowest BCUT2D eigenvalue weighted by molar-refractivity contribution is -0.142. The second kappa shape index (κ2) is 5.57. The highest BCUT2D eigenvalue weighted by atomic mass is 16.4. The van der Waals surface area contributed by atoms with Gasteiger partial charge in [0.05, 0.1) is 5.54 Å². The summed E-state index contributed by atoms with van der Waals surface area (Å²) >= 11 is 0. The molecular weight excluding hydrogens is 270 g/mol. The first kappa shape index (κ1) is 15.1. The summed E-state index contributed by atoms with van der Waals surface area (Å²) in [6.45, 7) is 3.07. The first-order chi connectivity index (χ1) is 9.79. The van der Waals surface area contributed by atoms with Crippen LogP contribution in [-0.2, 0) is 16.0 Å². The van der Waals surface area contributed by atoms with Crippen molar-refractivity contribution in [2.75, 3.05) is 0 Å². The molecule has 6 heteroatoms. The first-order valence-electron chi connectivity index (χ1n) is 6.66. The number of fused-ring (bicyclic) bond motifs is 1. The maximum Gasteiger partial charge on any atom is 0.326 e. The minimum atomic E-state index is -1.12. The Morgan fingerprint density at radius 2 is 2.05 bits per heavy atom. The number of aromatic amines is 1. The van der Waals surface area contributed by atoms with E-state index in [0.29, 0.717) is 0 Å². The Hall–Kier alpha value is -2.34. The molecule has 0 saturated heterocycles. The highest BCUT2D eigenvalue weighted by Gasteiger charge is 2.28. The van der Waals surface area contributed by atoms with E-state index in [4.69, 9.17) is 5.73 Å². The van der Waals surface area contributed by atoms with Gasteiger partial charge in [0.2, 0.25) is 5.91 Å². The Balaban J connectivity index is 2.21. The van der Waals surface area contributed by atoms with Crippen molar-refractivity contribution in [3.05, 3.63) is 36.0 Å². The number of para-hydroxylation sites is 1. The summed E-state index contributed by atoms with van der Waals surface area (Å²) in [5.74, 6) is -1.58. The number of carboxylic acid groups (broad SMARTS) is 1. The molecule has 0 bridgehead atoms. The van der Waals surface area contributed by atoms with E-state index >= 15 is 0 Å². The monoisotopic (exact) mass is 289 g/mol. The SMILES string of the molecule is CC(C)(N)C(=O)NC(Cc1c[nH]c2ccccc12)C(=O)O. The second-order valence-corrected chi connectivity index (χ2v) is 5.65. The van der Waals surface area contributed by atoms with E-state index < -0.39 is 23.5 Å². The topological polar surface area (TPSA) is 108 Å². The molecule has 0 aliphatic rings. The molecular formula is C15H19N3O3. The third-order valence-electron chi connectivity index (χ3n) is 3.29. The highest BCUT2D eigenvalue weighted by Crippen LogP contribution is 2.19. The van der Waals surface area contributed by atoms with E-state index in [2.05, 4.69) is 10.3 Å². The van der Waals surface area contributed by atoms with Crippen LogP contribution < -0.4 is 11.1 Å². The van der Waals surface area contributed by atoms with Crippen LogP contribution in [0.2, 0.25) is 0 Å². The van der Waals surface area contributed by atoms with Crippen LogP contribution in [0.15, 0.2) is 30.5 Å². The maximum atomic E-state index is 11.9. The van der Waals surface area contributed by atoms with Crippen molar-refractivity contribution in [3.63, 3.8) is 0 Å². The zero-order valence-electron chi connectivity index (χ0n) is 12.0. The fourth-order valence-corrected chi connectivity index (χ4v) is 2.06. The van der Waals surface area contributed by atoms with Gasteiger partial charge in [-0.2, -0.15) is 0 Å². The predicted molar refractivity (Wildman–Crippen MR) is 79.8 cm³/mol. The fourth-order valence-electron chi connectivity index (χ4n) is 2.06. The van der Waals surface area contributed by atoms with Crippen LogP contribution >= 0.6 is 0 Å². The molecule has 1 aromatic heterocycles. The number of aliphatic carboxylic acids is 1. The van der Waals surface area contributed by atoms with Gasteiger partial charge < -0.3 is 21.1 Å². The van der Waals surface area contributed by atoms with Crippen LogP contribution in [0.5, 0.6) is 0 Å². The Morgan fingerprint density at radius 3 is 2.67 bits per heavy atom. The Kier molecular flexibility index (Phi) is 3.99. The van der Waals surface area contributed by atoms with Crippen LogP contribution in [0.1, 0.15) is 19.4 Å². The number of amides is 1. The molecule has 0 radical (unpaired) electrons. The van der Waals surface area contributed by atoms with Crippen molar-refractivity contribution in [2.24, 2.45) is 5.73 Å². The van der Waals surface area contributed by atoms with Gasteiger partial charge in [-0.05, 0) is 25.5 Å². The minimum absolute atomic E-state index is 0.196. The molecule has 6 nitrogen and oxygen atoms in total. The summed E-state index contributed by atoms with van der Waals surface area (Å²) in [5.41, 5.74) is 6.34. The summed E-state index contributed by atoms with van der Waals surface area (Å²) in [5, 5.41) is 12.7. The standard InChI is InChI=1S/C15H19N3O3/c1-15(2,16)14(21)18-12(13(19)20)7-9-8-17-11-6-4-3-5-10(9)11/h3-6,8,12,17H,7,16H2,1-2H3,(H,18,21)(H,19,20). The molecule has 1 amide bonds. The highest BCUT2D eigenvalue weighted by molar-refractivity contribution is 5.90. The molecule has 2 aromatic rings. The zero-order valence-corrected chi connectivity index (χ0v) is 12.0. The van der Waals surface area contributed by atoms with Gasteiger partial charge in [-0.3, -0.25) is 4.79 Å². The summed E-state index contributed by atoms with van der Waals surface area (Å²) in [6.07, 6.45) is 1.96. The third kappa shape index (κ3) is 3.41. The molecule has 1 unspecified atom stereocenters. The lowest BCUT2D eigenvalue weighted by Crippen LogP contribution is -2.54. The maximum absolute atomic E-state index is 11.9. The quantitative estimate of drug-likeness (QED) is 0.659. The Bertz CT molecular complexity index is 670. The van der Waals surface area contributed by atoms with Gasteiger partial charge in [-0.1, -0.05) is 18.2 Å². The lowest BCUT2D eigenvalue weighted by atomic mass is 10.0. The van der Waals surface area contributed by atoms with Crippen molar-refractivity contribution < 1.29 is 14.7 Å². The molecule has 0 fully saturated rings. The predicted octanol–water partition coefficient (Wildman–Crippen LogP) is 1.02. The summed E-state index contributed by atoms with van der Waals surface area (Å²) in [6, 6.07) is 6.59. The van der Waals surface area contributed by atoms with E-state index in [9.17, 15) is 14.7 Å². The van der Waals surface area contributed by atoms with Crippen LogP contribution in [0.4, 0.5) is 0 Å². The van der Waals surface area contributed by atoms with Crippen molar-refractivity contribution in [2.45, 2.75) is 31.8 Å². The molecule has 2 rings (SSSR count). The number of benzene rings is 1. The minimum Gasteiger partial charge on any atom is -0.480 e. The average Bonchev–Trinajstić information content (AvgIpc) is 2.80. The molecule has 0 saturated carbocycles. The largest absolute Gasteiger partial charge is 0.480 e. The summed E-state index contributed by atoms with van der Waals surface area (Å²) < 4.78 is 0. The Morgan fingerprint density at radius 1 is 1.38 bits per heavy atom. The number of nitrogens with one attached hydrogen (secondary N) is 2. The van der Waals surface area contributed by atoms with Crippen LogP contribution in [0.25, 0.3) is 10.9 Å².